The zero-order chi connectivity index (χ0) is 13.0. The van der Waals surface area contributed by atoms with Gasteiger partial charge in [-0.05, 0) is 25.0 Å². The summed E-state index contributed by atoms with van der Waals surface area (Å²) in [5.41, 5.74) is 1.01. The summed E-state index contributed by atoms with van der Waals surface area (Å²) in [5.74, 6) is 1.91. The van der Waals surface area contributed by atoms with Crippen molar-refractivity contribution in [3.8, 4) is 5.69 Å². The summed E-state index contributed by atoms with van der Waals surface area (Å²) in [6.45, 7) is 4.20. The molecule has 1 aromatic carbocycles. The maximum atomic E-state index is 9.40. The van der Waals surface area contributed by atoms with E-state index in [0.29, 0.717) is 11.7 Å². The number of nitrogens with zero attached hydrogens (tertiary/aromatic N) is 3. The minimum absolute atomic E-state index is 0.0952. The predicted molar refractivity (Wildman–Crippen MR) is 70.6 cm³/mol. The summed E-state index contributed by atoms with van der Waals surface area (Å²) in [7, 11) is 0. The van der Waals surface area contributed by atoms with Gasteiger partial charge in [-0.3, -0.25) is 4.57 Å². The third-order valence-corrected chi connectivity index (χ3v) is 3.26. The molecular weight excluding hydrogens is 226 g/mol. The largest absolute Gasteiger partial charge is 0.388 e. The number of aromatic nitrogens is 3. The fourth-order valence-electron chi connectivity index (χ4n) is 2.21. The lowest BCUT2D eigenvalue weighted by molar-refractivity contribution is 0.268. The van der Waals surface area contributed by atoms with Crippen molar-refractivity contribution >= 4 is 0 Å². The van der Waals surface area contributed by atoms with E-state index in [1.54, 1.807) is 0 Å². The molecule has 0 spiro atoms. The van der Waals surface area contributed by atoms with Crippen LogP contribution in [0.1, 0.15) is 44.3 Å². The molecule has 2 aromatic rings. The van der Waals surface area contributed by atoms with Gasteiger partial charge < -0.3 is 5.11 Å². The molecule has 96 valence electrons. The Labute approximate surface area is 107 Å². The number of hydrogen-bond acceptors (Lipinski definition) is 3. The zero-order valence-electron chi connectivity index (χ0n) is 10.9. The van der Waals surface area contributed by atoms with Gasteiger partial charge in [-0.15, -0.1) is 10.2 Å². The smallest absolute Gasteiger partial charge is 0.163 e. The van der Waals surface area contributed by atoms with Crippen LogP contribution in [0.15, 0.2) is 30.3 Å². The minimum atomic E-state index is -0.0952. The Bertz CT molecular complexity index is 489. The summed E-state index contributed by atoms with van der Waals surface area (Å²) >= 11 is 0. The van der Waals surface area contributed by atoms with Crippen molar-refractivity contribution in [2.45, 2.75) is 39.2 Å². The topological polar surface area (TPSA) is 50.9 Å². The Balaban J connectivity index is 2.53. The SMILES string of the molecule is CCC(CC)c1nnc(CO)n1-c1ccccc1. The number of rotatable bonds is 5. The van der Waals surface area contributed by atoms with E-state index in [2.05, 4.69) is 24.0 Å². The Morgan fingerprint density at radius 2 is 1.78 bits per heavy atom. The maximum absolute atomic E-state index is 9.40. The Morgan fingerprint density at radius 1 is 1.11 bits per heavy atom. The molecule has 0 saturated carbocycles. The number of benzene rings is 1. The van der Waals surface area contributed by atoms with Crippen molar-refractivity contribution in [2.24, 2.45) is 0 Å². The van der Waals surface area contributed by atoms with E-state index in [-0.39, 0.29) is 6.61 Å². The summed E-state index contributed by atoms with van der Waals surface area (Å²) in [5, 5.41) is 17.7. The van der Waals surface area contributed by atoms with Crippen LogP contribution in [0.3, 0.4) is 0 Å². The molecule has 0 aliphatic heterocycles. The van der Waals surface area contributed by atoms with Crippen LogP contribution in [-0.2, 0) is 6.61 Å². The molecule has 2 rings (SSSR count). The molecule has 0 aliphatic carbocycles. The van der Waals surface area contributed by atoms with Crippen LogP contribution in [0.5, 0.6) is 0 Å². The third kappa shape index (κ3) is 2.29. The van der Waals surface area contributed by atoms with Gasteiger partial charge in [0.2, 0.25) is 0 Å². The van der Waals surface area contributed by atoms with Crippen LogP contribution in [0.25, 0.3) is 5.69 Å². The Hall–Kier alpha value is -1.68. The second-order valence-electron chi connectivity index (χ2n) is 4.32. The van der Waals surface area contributed by atoms with Crippen molar-refractivity contribution in [3.05, 3.63) is 42.0 Å². The molecule has 1 N–H and O–H groups in total. The summed E-state index contributed by atoms with van der Waals surface area (Å²) < 4.78 is 1.97. The van der Waals surface area contributed by atoms with Crippen LogP contribution in [0.4, 0.5) is 0 Å². The summed E-state index contributed by atoms with van der Waals surface area (Å²) in [4.78, 5) is 0. The lowest BCUT2D eigenvalue weighted by Gasteiger charge is -2.15. The molecule has 0 atom stereocenters. The van der Waals surface area contributed by atoms with Gasteiger partial charge in [0.25, 0.3) is 0 Å². The highest BCUT2D eigenvalue weighted by molar-refractivity contribution is 5.34. The number of aliphatic hydroxyl groups excluding tert-OH is 1. The number of para-hydroxylation sites is 1. The molecule has 0 radical (unpaired) electrons. The lowest BCUT2D eigenvalue weighted by atomic mass is 10.0. The molecule has 0 fully saturated rings. The van der Waals surface area contributed by atoms with Gasteiger partial charge >= 0.3 is 0 Å². The highest BCUT2D eigenvalue weighted by Crippen LogP contribution is 2.25. The van der Waals surface area contributed by atoms with Crippen LogP contribution in [0.2, 0.25) is 0 Å². The predicted octanol–water partition coefficient (Wildman–Crippen LogP) is 2.66. The van der Waals surface area contributed by atoms with Gasteiger partial charge in [-0.1, -0.05) is 32.0 Å². The van der Waals surface area contributed by atoms with E-state index in [1.807, 2.05) is 34.9 Å². The monoisotopic (exact) mass is 245 g/mol. The summed E-state index contributed by atoms with van der Waals surface area (Å²) in [6, 6.07) is 9.95. The molecule has 4 heteroatoms. The first-order valence-corrected chi connectivity index (χ1v) is 6.42. The fourth-order valence-corrected chi connectivity index (χ4v) is 2.21. The second kappa shape index (κ2) is 5.78. The van der Waals surface area contributed by atoms with Gasteiger partial charge in [-0.25, -0.2) is 0 Å². The molecule has 4 nitrogen and oxygen atoms in total. The third-order valence-electron chi connectivity index (χ3n) is 3.26. The molecule has 0 amide bonds. The maximum Gasteiger partial charge on any atom is 0.163 e. The molecule has 1 heterocycles. The molecule has 1 aromatic heterocycles. The number of hydrogen-bond donors (Lipinski definition) is 1. The Kier molecular flexibility index (Phi) is 4.10. The lowest BCUT2D eigenvalue weighted by Crippen LogP contribution is -2.09. The zero-order valence-corrected chi connectivity index (χ0v) is 10.9. The van der Waals surface area contributed by atoms with Crippen molar-refractivity contribution < 1.29 is 5.11 Å². The average Bonchev–Trinajstić information content (AvgIpc) is 2.85. The molecule has 18 heavy (non-hydrogen) atoms. The second-order valence-corrected chi connectivity index (χ2v) is 4.32. The first-order valence-electron chi connectivity index (χ1n) is 6.42. The molecule has 0 unspecified atom stereocenters. The van der Waals surface area contributed by atoms with Crippen molar-refractivity contribution in [2.75, 3.05) is 0 Å². The van der Waals surface area contributed by atoms with E-state index in [9.17, 15) is 5.11 Å². The highest BCUT2D eigenvalue weighted by atomic mass is 16.3. The fraction of sp³-hybridized carbons (Fsp3) is 0.429. The van der Waals surface area contributed by atoms with Crippen molar-refractivity contribution in [1.29, 1.82) is 0 Å². The summed E-state index contributed by atoms with van der Waals surface area (Å²) in [6.07, 6.45) is 2.04. The van der Waals surface area contributed by atoms with E-state index in [4.69, 9.17) is 0 Å². The molecular formula is C14H19N3O. The van der Waals surface area contributed by atoms with Gasteiger partial charge in [0.05, 0.1) is 0 Å². The van der Waals surface area contributed by atoms with Gasteiger partial charge in [0.1, 0.15) is 12.4 Å². The first-order chi connectivity index (χ1) is 8.81. The normalized spacial score (nSPS) is 11.1. The van der Waals surface area contributed by atoms with E-state index >= 15 is 0 Å². The Morgan fingerprint density at radius 3 is 2.33 bits per heavy atom. The molecule has 0 bridgehead atoms. The first kappa shape index (κ1) is 12.8. The van der Waals surface area contributed by atoms with Crippen LogP contribution >= 0.6 is 0 Å². The average molecular weight is 245 g/mol. The quantitative estimate of drug-likeness (QED) is 0.881. The van der Waals surface area contributed by atoms with Crippen LogP contribution in [-0.4, -0.2) is 19.9 Å². The van der Waals surface area contributed by atoms with Gasteiger partial charge in [0.15, 0.2) is 5.82 Å². The highest BCUT2D eigenvalue weighted by Gasteiger charge is 2.19. The number of aliphatic hydroxyl groups is 1. The van der Waals surface area contributed by atoms with Crippen molar-refractivity contribution in [1.82, 2.24) is 14.8 Å². The van der Waals surface area contributed by atoms with E-state index < -0.39 is 0 Å². The van der Waals surface area contributed by atoms with Gasteiger partial charge in [-0.2, -0.15) is 0 Å². The van der Waals surface area contributed by atoms with Crippen LogP contribution in [0, 0.1) is 0 Å². The van der Waals surface area contributed by atoms with Crippen LogP contribution < -0.4 is 0 Å². The van der Waals surface area contributed by atoms with Gasteiger partial charge in [0, 0.05) is 11.6 Å². The van der Waals surface area contributed by atoms with E-state index in [1.165, 1.54) is 0 Å². The van der Waals surface area contributed by atoms with E-state index in [0.717, 1.165) is 24.4 Å². The minimum Gasteiger partial charge on any atom is -0.388 e. The molecule has 0 saturated heterocycles. The molecule has 0 aliphatic rings. The van der Waals surface area contributed by atoms with Crippen molar-refractivity contribution in [3.63, 3.8) is 0 Å². The standard InChI is InChI=1S/C14H19N3O/c1-3-11(4-2)14-16-15-13(10-18)17(14)12-8-6-5-7-9-12/h5-9,11,18H,3-4,10H2,1-2H3.